The second-order valence-electron chi connectivity index (χ2n) is 6.14. The van der Waals surface area contributed by atoms with E-state index in [0.717, 1.165) is 25.9 Å². The predicted molar refractivity (Wildman–Crippen MR) is 95.1 cm³/mol. The molecule has 1 N–H and O–H groups in total. The molecule has 1 fully saturated rings. The maximum atomic E-state index is 12.5. The Balaban J connectivity index is 1.62. The van der Waals surface area contributed by atoms with E-state index < -0.39 is 0 Å². The first-order chi connectivity index (χ1) is 11.6. The van der Waals surface area contributed by atoms with Gasteiger partial charge in [0.1, 0.15) is 5.82 Å². The molecule has 0 aromatic carbocycles. The van der Waals surface area contributed by atoms with E-state index in [0.29, 0.717) is 16.8 Å². The summed E-state index contributed by atoms with van der Waals surface area (Å²) in [7, 11) is 0. The quantitative estimate of drug-likeness (QED) is 0.924. The molecule has 0 aliphatic carbocycles. The van der Waals surface area contributed by atoms with Gasteiger partial charge in [-0.1, -0.05) is 11.6 Å². The van der Waals surface area contributed by atoms with Gasteiger partial charge in [-0.25, -0.2) is 4.98 Å². The first kappa shape index (κ1) is 16.9. The number of likely N-dealkylation sites (tertiary alicyclic amines) is 1. The third kappa shape index (κ3) is 4.10. The van der Waals surface area contributed by atoms with Crippen LogP contribution in [0.4, 0.5) is 5.82 Å². The van der Waals surface area contributed by atoms with Crippen LogP contribution in [0, 0.1) is 0 Å². The Labute approximate surface area is 147 Å². The van der Waals surface area contributed by atoms with Crippen molar-refractivity contribution in [1.29, 1.82) is 0 Å². The number of amides is 1. The van der Waals surface area contributed by atoms with Crippen molar-refractivity contribution in [3.8, 4) is 0 Å². The molecule has 6 heteroatoms. The van der Waals surface area contributed by atoms with Crippen molar-refractivity contribution < 1.29 is 4.79 Å². The SMILES string of the molecule is CC(C(=O)Nc1ccc(Cl)cn1)N1CCCC(c2ccncc2)C1. The number of carbonyl (C=O) groups excluding carboxylic acids is 1. The molecule has 2 unspecified atom stereocenters. The highest BCUT2D eigenvalue weighted by molar-refractivity contribution is 6.30. The number of anilines is 1. The van der Waals surface area contributed by atoms with Crippen LogP contribution in [0.3, 0.4) is 0 Å². The van der Waals surface area contributed by atoms with Gasteiger partial charge in [-0.05, 0) is 62.1 Å². The number of hydrogen-bond acceptors (Lipinski definition) is 4. The van der Waals surface area contributed by atoms with E-state index in [1.54, 1.807) is 12.1 Å². The van der Waals surface area contributed by atoms with Crippen LogP contribution in [-0.2, 0) is 4.79 Å². The summed E-state index contributed by atoms with van der Waals surface area (Å²) < 4.78 is 0. The van der Waals surface area contributed by atoms with Crippen molar-refractivity contribution in [3.63, 3.8) is 0 Å². The van der Waals surface area contributed by atoms with Crippen LogP contribution in [0.2, 0.25) is 5.02 Å². The molecule has 126 valence electrons. The summed E-state index contributed by atoms with van der Waals surface area (Å²) in [4.78, 5) is 22.9. The van der Waals surface area contributed by atoms with Crippen molar-refractivity contribution >= 4 is 23.3 Å². The van der Waals surface area contributed by atoms with Gasteiger partial charge in [-0.15, -0.1) is 0 Å². The summed E-state index contributed by atoms with van der Waals surface area (Å²) in [5.74, 6) is 0.935. The predicted octanol–water partition coefficient (Wildman–Crippen LogP) is 3.34. The summed E-state index contributed by atoms with van der Waals surface area (Å²) >= 11 is 5.82. The first-order valence-electron chi connectivity index (χ1n) is 8.20. The Kier molecular flexibility index (Phi) is 5.43. The number of nitrogens with zero attached hydrogens (tertiary/aromatic N) is 3. The molecule has 2 aromatic rings. The van der Waals surface area contributed by atoms with E-state index in [1.165, 1.54) is 11.8 Å². The molecule has 0 radical (unpaired) electrons. The lowest BCUT2D eigenvalue weighted by Crippen LogP contribution is -2.46. The summed E-state index contributed by atoms with van der Waals surface area (Å²) in [6.45, 7) is 3.76. The summed E-state index contributed by atoms with van der Waals surface area (Å²) in [6.07, 6.45) is 7.42. The van der Waals surface area contributed by atoms with Gasteiger partial charge in [0.2, 0.25) is 5.91 Å². The Bertz CT molecular complexity index is 677. The second kappa shape index (κ2) is 7.73. The van der Waals surface area contributed by atoms with E-state index in [2.05, 4.69) is 32.3 Å². The minimum atomic E-state index is -0.202. The molecule has 2 aromatic heterocycles. The lowest BCUT2D eigenvalue weighted by Gasteiger charge is -2.36. The Hall–Kier alpha value is -1.98. The van der Waals surface area contributed by atoms with Crippen LogP contribution in [0.15, 0.2) is 42.9 Å². The molecular formula is C18H21ClN4O. The number of pyridine rings is 2. The first-order valence-corrected chi connectivity index (χ1v) is 8.57. The summed E-state index contributed by atoms with van der Waals surface area (Å²) in [5, 5.41) is 3.41. The lowest BCUT2D eigenvalue weighted by molar-refractivity contribution is -0.121. The van der Waals surface area contributed by atoms with Gasteiger partial charge in [0, 0.05) is 25.1 Å². The van der Waals surface area contributed by atoms with Gasteiger partial charge in [-0.3, -0.25) is 14.7 Å². The fourth-order valence-corrected chi connectivity index (χ4v) is 3.22. The summed E-state index contributed by atoms with van der Waals surface area (Å²) in [5.41, 5.74) is 1.29. The molecule has 5 nitrogen and oxygen atoms in total. The van der Waals surface area contributed by atoms with Crippen LogP contribution in [0.1, 0.15) is 31.2 Å². The molecule has 1 saturated heterocycles. The van der Waals surface area contributed by atoms with Crippen molar-refractivity contribution in [2.24, 2.45) is 0 Å². The molecule has 1 aliphatic rings. The minimum absolute atomic E-state index is 0.0415. The van der Waals surface area contributed by atoms with Crippen molar-refractivity contribution in [2.75, 3.05) is 18.4 Å². The van der Waals surface area contributed by atoms with Gasteiger partial charge < -0.3 is 5.32 Å². The van der Waals surface area contributed by atoms with Gasteiger partial charge in [0.05, 0.1) is 11.1 Å². The molecule has 24 heavy (non-hydrogen) atoms. The highest BCUT2D eigenvalue weighted by Gasteiger charge is 2.28. The van der Waals surface area contributed by atoms with Crippen LogP contribution in [0.25, 0.3) is 0 Å². The highest BCUT2D eigenvalue weighted by Crippen LogP contribution is 2.27. The van der Waals surface area contributed by atoms with Crippen LogP contribution in [0.5, 0.6) is 0 Å². The largest absolute Gasteiger partial charge is 0.309 e. The molecule has 1 aliphatic heterocycles. The number of halogens is 1. The number of nitrogens with one attached hydrogen (secondary N) is 1. The van der Waals surface area contributed by atoms with Crippen LogP contribution >= 0.6 is 11.6 Å². The van der Waals surface area contributed by atoms with Gasteiger partial charge in [0.25, 0.3) is 0 Å². The number of rotatable bonds is 4. The fraction of sp³-hybridized carbons (Fsp3) is 0.389. The standard InChI is InChI=1S/C18H21ClN4O/c1-13(18(24)22-17-5-4-16(19)11-21-17)23-10-2-3-15(12-23)14-6-8-20-9-7-14/h4-9,11,13,15H,2-3,10,12H2,1H3,(H,21,22,24). The van der Waals surface area contributed by atoms with E-state index in [1.807, 2.05) is 19.3 Å². The van der Waals surface area contributed by atoms with Crippen molar-refractivity contribution in [1.82, 2.24) is 14.9 Å². The Morgan fingerprint density at radius 1 is 1.33 bits per heavy atom. The van der Waals surface area contributed by atoms with Gasteiger partial charge in [0.15, 0.2) is 0 Å². The third-order valence-corrected chi connectivity index (χ3v) is 4.76. The topological polar surface area (TPSA) is 58.1 Å². The minimum Gasteiger partial charge on any atom is -0.309 e. The number of aromatic nitrogens is 2. The van der Waals surface area contributed by atoms with Crippen LogP contribution in [-0.4, -0.2) is 39.9 Å². The average Bonchev–Trinajstić information content (AvgIpc) is 2.64. The average molecular weight is 345 g/mol. The smallest absolute Gasteiger partial charge is 0.242 e. The van der Waals surface area contributed by atoms with Gasteiger partial charge >= 0.3 is 0 Å². The molecule has 2 atom stereocenters. The van der Waals surface area contributed by atoms with E-state index >= 15 is 0 Å². The molecule has 3 rings (SSSR count). The highest BCUT2D eigenvalue weighted by atomic mass is 35.5. The van der Waals surface area contributed by atoms with Crippen molar-refractivity contribution in [2.45, 2.75) is 31.7 Å². The molecule has 0 bridgehead atoms. The normalized spacial score (nSPS) is 19.7. The van der Waals surface area contributed by atoms with Gasteiger partial charge in [-0.2, -0.15) is 0 Å². The maximum Gasteiger partial charge on any atom is 0.242 e. The molecular weight excluding hydrogens is 324 g/mol. The zero-order valence-corrected chi connectivity index (χ0v) is 14.4. The summed E-state index contributed by atoms with van der Waals surface area (Å²) in [6, 6.07) is 7.36. The van der Waals surface area contributed by atoms with Crippen molar-refractivity contribution in [3.05, 3.63) is 53.4 Å². The third-order valence-electron chi connectivity index (χ3n) is 4.54. The fourth-order valence-electron chi connectivity index (χ4n) is 3.11. The molecule has 3 heterocycles. The monoisotopic (exact) mass is 344 g/mol. The maximum absolute atomic E-state index is 12.5. The molecule has 1 amide bonds. The zero-order chi connectivity index (χ0) is 16.9. The van der Waals surface area contributed by atoms with E-state index in [-0.39, 0.29) is 11.9 Å². The zero-order valence-electron chi connectivity index (χ0n) is 13.7. The number of piperidine rings is 1. The van der Waals surface area contributed by atoms with E-state index in [4.69, 9.17) is 11.6 Å². The Morgan fingerprint density at radius 2 is 2.12 bits per heavy atom. The number of hydrogen-bond donors (Lipinski definition) is 1. The lowest BCUT2D eigenvalue weighted by atomic mass is 9.90. The second-order valence-corrected chi connectivity index (χ2v) is 6.58. The molecule has 0 saturated carbocycles. The molecule has 0 spiro atoms. The Morgan fingerprint density at radius 3 is 2.83 bits per heavy atom. The van der Waals surface area contributed by atoms with E-state index in [9.17, 15) is 4.79 Å². The number of carbonyl (C=O) groups is 1. The van der Waals surface area contributed by atoms with Crippen LogP contribution < -0.4 is 5.32 Å².